The number of nitrogens with zero attached hydrogens (tertiary/aromatic N) is 1. The number of carbonyl (C=O) groups excluding carboxylic acids is 1. The molecule has 0 bridgehead atoms. The number of hydrogen-bond acceptors (Lipinski definition) is 6. The molecule has 3 heterocycles. The minimum Gasteiger partial charge on any atom is -0.497 e. The van der Waals surface area contributed by atoms with E-state index >= 15 is 0 Å². The fraction of sp³-hybridized carbons (Fsp3) is 0.217. The van der Waals surface area contributed by atoms with Gasteiger partial charge in [0.25, 0.3) is 5.91 Å². The smallest absolute Gasteiger partial charge is 0.267 e. The van der Waals surface area contributed by atoms with Crippen molar-refractivity contribution in [3.63, 3.8) is 0 Å². The third-order valence-electron chi connectivity index (χ3n) is 5.45. The molecule has 5 nitrogen and oxygen atoms in total. The van der Waals surface area contributed by atoms with Gasteiger partial charge in [-0.3, -0.25) is 4.79 Å². The first-order chi connectivity index (χ1) is 14.7. The van der Waals surface area contributed by atoms with Gasteiger partial charge in [0.2, 0.25) is 0 Å². The number of pyridine rings is 1. The third-order valence-corrected chi connectivity index (χ3v) is 7.44. The predicted molar refractivity (Wildman–Crippen MR) is 125 cm³/mol. The molecule has 1 amide bonds. The fourth-order valence-corrected chi connectivity index (χ4v) is 5.88. The second-order valence-electron chi connectivity index (χ2n) is 7.31. The molecule has 1 aliphatic carbocycles. The van der Waals surface area contributed by atoms with Gasteiger partial charge in [-0.2, -0.15) is 0 Å². The van der Waals surface area contributed by atoms with Crippen LogP contribution in [-0.4, -0.2) is 18.0 Å². The number of methoxy groups -OCH3 is 1. The van der Waals surface area contributed by atoms with E-state index in [1.165, 1.54) is 27.3 Å². The van der Waals surface area contributed by atoms with Crippen LogP contribution in [0.4, 0.5) is 11.4 Å². The van der Waals surface area contributed by atoms with Gasteiger partial charge in [-0.25, -0.2) is 4.98 Å². The molecule has 0 saturated carbocycles. The molecule has 0 aliphatic heterocycles. The highest BCUT2D eigenvalue weighted by molar-refractivity contribution is 7.21. The molecule has 7 heteroatoms. The van der Waals surface area contributed by atoms with E-state index in [0.29, 0.717) is 22.0 Å². The summed E-state index contributed by atoms with van der Waals surface area (Å²) in [5, 5.41) is 5.94. The van der Waals surface area contributed by atoms with Crippen molar-refractivity contribution in [1.29, 1.82) is 0 Å². The number of aryl methyl sites for hydroxylation is 1. The topological polar surface area (TPSA) is 77.2 Å². The van der Waals surface area contributed by atoms with Crippen molar-refractivity contribution in [2.75, 3.05) is 18.2 Å². The molecule has 1 aliphatic rings. The number of nitrogens with one attached hydrogen (secondary N) is 1. The maximum absolute atomic E-state index is 13.1. The number of benzene rings is 1. The van der Waals surface area contributed by atoms with Crippen molar-refractivity contribution in [2.45, 2.75) is 25.7 Å². The van der Waals surface area contributed by atoms with E-state index in [0.717, 1.165) is 41.6 Å². The van der Waals surface area contributed by atoms with Crippen molar-refractivity contribution >= 4 is 50.2 Å². The van der Waals surface area contributed by atoms with E-state index in [4.69, 9.17) is 15.5 Å². The molecule has 0 saturated heterocycles. The van der Waals surface area contributed by atoms with Crippen LogP contribution in [0.1, 0.15) is 33.8 Å². The molecule has 0 radical (unpaired) electrons. The minimum atomic E-state index is -0.223. The maximum atomic E-state index is 13.1. The molecule has 152 valence electrons. The van der Waals surface area contributed by atoms with Gasteiger partial charge < -0.3 is 15.8 Å². The number of nitrogen functional groups attached to an aromatic ring is 1. The lowest BCUT2D eigenvalue weighted by molar-refractivity contribution is 0.103. The Morgan fingerprint density at radius 1 is 1.20 bits per heavy atom. The molecule has 0 unspecified atom stereocenters. The van der Waals surface area contributed by atoms with Gasteiger partial charge in [0.05, 0.1) is 12.8 Å². The average molecular weight is 436 g/mol. The van der Waals surface area contributed by atoms with Crippen molar-refractivity contribution in [3.8, 4) is 16.2 Å². The van der Waals surface area contributed by atoms with E-state index in [1.54, 1.807) is 24.5 Å². The SMILES string of the molecule is COc1cccc(NC(=O)c2sc3nc4c(c(-c5cccs5)c3c2N)CCCC4)c1. The van der Waals surface area contributed by atoms with Gasteiger partial charge in [0.1, 0.15) is 15.5 Å². The number of aromatic nitrogens is 1. The molecular formula is C23H21N3O2S2. The quantitative estimate of drug-likeness (QED) is 0.428. The average Bonchev–Trinajstić information content (AvgIpc) is 3.41. The van der Waals surface area contributed by atoms with Crippen LogP contribution in [0.15, 0.2) is 41.8 Å². The number of thiophene rings is 2. The third kappa shape index (κ3) is 3.24. The zero-order chi connectivity index (χ0) is 20.7. The summed E-state index contributed by atoms with van der Waals surface area (Å²) in [6.45, 7) is 0. The van der Waals surface area contributed by atoms with Gasteiger partial charge in [-0.1, -0.05) is 12.1 Å². The van der Waals surface area contributed by atoms with Crippen LogP contribution in [-0.2, 0) is 12.8 Å². The minimum absolute atomic E-state index is 0.223. The fourth-order valence-electron chi connectivity index (χ4n) is 4.06. The first-order valence-electron chi connectivity index (χ1n) is 9.88. The highest BCUT2D eigenvalue weighted by Gasteiger charge is 2.26. The molecule has 0 spiro atoms. The number of ether oxygens (including phenoxy) is 1. The number of nitrogens with two attached hydrogens (primary N) is 1. The molecule has 30 heavy (non-hydrogen) atoms. The number of anilines is 2. The van der Waals surface area contributed by atoms with Gasteiger partial charge >= 0.3 is 0 Å². The summed E-state index contributed by atoms with van der Waals surface area (Å²) in [6, 6.07) is 11.5. The predicted octanol–water partition coefficient (Wildman–Crippen LogP) is 5.75. The first-order valence-corrected chi connectivity index (χ1v) is 11.6. The van der Waals surface area contributed by atoms with Crippen molar-refractivity contribution < 1.29 is 9.53 Å². The van der Waals surface area contributed by atoms with Crippen LogP contribution in [0.2, 0.25) is 0 Å². The maximum Gasteiger partial charge on any atom is 0.267 e. The zero-order valence-corrected chi connectivity index (χ0v) is 18.2. The summed E-state index contributed by atoms with van der Waals surface area (Å²) in [6.07, 6.45) is 4.30. The molecule has 3 aromatic heterocycles. The van der Waals surface area contributed by atoms with Crippen LogP contribution in [0.3, 0.4) is 0 Å². The molecule has 3 N–H and O–H groups in total. The van der Waals surface area contributed by atoms with Gasteiger partial charge in [-0.15, -0.1) is 22.7 Å². The van der Waals surface area contributed by atoms with Crippen molar-refractivity contribution in [2.24, 2.45) is 0 Å². The van der Waals surface area contributed by atoms with Gasteiger partial charge in [0, 0.05) is 33.3 Å². The van der Waals surface area contributed by atoms with Crippen LogP contribution >= 0.6 is 22.7 Å². The summed E-state index contributed by atoms with van der Waals surface area (Å²) < 4.78 is 5.25. The second kappa shape index (κ2) is 7.74. The van der Waals surface area contributed by atoms with Gasteiger partial charge in [0.15, 0.2) is 0 Å². The number of hydrogen-bond donors (Lipinski definition) is 2. The Kier molecular flexibility index (Phi) is 4.92. The summed E-state index contributed by atoms with van der Waals surface area (Å²) in [4.78, 5) is 20.5. The molecular weight excluding hydrogens is 414 g/mol. The summed E-state index contributed by atoms with van der Waals surface area (Å²) in [7, 11) is 1.60. The molecule has 1 aromatic carbocycles. The molecule has 4 aromatic rings. The Balaban J connectivity index is 1.63. The number of rotatable bonds is 4. The lowest BCUT2D eigenvalue weighted by atomic mass is 9.90. The van der Waals surface area contributed by atoms with E-state index < -0.39 is 0 Å². The normalized spacial score (nSPS) is 13.2. The Bertz CT molecular complexity index is 1250. The molecule has 0 atom stereocenters. The van der Waals surface area contributed by atoms with E-state index in [-0.39, 0.29) is 5.91 Å². The Labute approximate surface area is 182 Å². The van der Waals surface area contributed by atoms with E-state index in [2.05, 4.69) is 22.8 Å². The second-order valence-corrected chi connectivity index (χ2v) is 9.25. The number of amides is 1. The van der Waals surface area contributed by atoms with Crippen molar-refractivity contribution in [1.82, 2.24) is 4.98 Å². The molecule has 0 fully saturated rings. The number of fused-ring (bicyclic) bond motifs is 2. The Hall–Kier alpha value is -2.90. The van der Waals surface area contributed by atoms with Gasteiger partial charge in [-0.05, 0) is 54.8 Å². The summed E-state index contributed by atoms with van der Waals surface area (Å²) >= 11 is 3.07. The first kappa shape index (κ1) is 19.1. The Morgan fingerprint density at radius 2 is 2.07 bits per heavy atom. The summed E-state index contributed by atoms with van der Waals surface area (Å²) in [5.41, 5.74) is 11.4. The van der Waals surface area contributed by atoms with Crippen LogP contribution < -0.4 is 15.8 Å². The summed E-state index contributed by atoms with van der Waals surface area (Å²) in [5.74, 6) is 0.463. The lowest BCUT2D eigenvalue weighted by Gasteiger charge is -2.19. The van der Waals surface area contributed by atoms with Crippen LogP contribution in [0.5, 0.6) is 5.75 Å². The Morgan fingerprint density at radius 3 is 2.87 bits per heavy atom. The largest absolute Gasteiger partial charge is 0.497 e. The van der Waals surface area contributed by atoms with Crippen LogP contribution in [0, 0.1) is 0 Å². The highest BCUT2D eigenvalue weighted by Crippen LogP contribution is 2.45. The lowest BCUT2D eigenvalue weighted by Crippen LogP contribution is -2.12. The van der Waals surface area contributed by atoms with Crippen LogP contribution in [0.25, 0.3) is 20.7 Å². The highest BCUT2D eigenvalue weighted by atomic mass is 32.1. The number of carbonyl (C=O) groups is 1. The monoisotopic (exact) mass is 435 g/mol. The molecule has 5 rings (SSSR count). The van der Waals surface area contributed by atoms with E-state index in [1.807, 2.05) is 18.2 Å². The zero-order valence-electron chi connectivity index (χ0n) is 16.5. The van der Waals surface area contributed by atoms with Crippen molar-refractivity contribution in [3.05, 3.63) is 57.9 Å². The van der Waals surface area contributed by atoms with E-state index in [9.17, 15) is 4.79 Å². The standard InChI is InChI=1S/C23H21N3O2S2/c1-28-14-7-4-6-13(12-14)25-22(27)21-20(24)19-18(17-10-5-11-29-17)15-8-2-3-9-16(15)26-23(19)30-21/h4-7,10-12H,2-3,8-9,24H2,1H3,(H,25,27).